The van der Waals surface area contributed by atoms with Gasteiger partial charge in [-0.2, -0.15) is 12.6 Å². The Balaban J connectivity index is 3.30. The molecule has 0 radical (unpaired) electrons. The van der Waals surface area contributed by atoms with Crippen molar-refractivity contribution >= 4 is 12.6 Å². The molecule has 4 heteroatoms. The number of nitrogens with zero attached hydrogens (tertiary/aromatic N) is 2. The van der Waals surface area contributed by atoms with Gasteiger partial charge in [0.05, 0.1) is 5.69 Å². The second-order valence-corrected chi connectivity index (χ2v) is 4.19. The molecule has 0 atom stereocenters. The highest BCUT2D eigenvalue weighted by molar-refractivity contribution is 7.79. The molecule has 1 aromatic heterocycles. The molecule has 0 aromatic carbocycles. The summed E-state index contributed by atoms with van der Waals surface area (Å²) in [6.07, 6.45) is 4.68. The molecule has 0 amide bonds. The smallest absolute Gasteiger partial charge is 0.273 e. The fraction of sp³-hybridized carbons (Fsp3) is 0.667. The van der Waals surface area contributed by atoms with Crippen molar-refractivity contribution < 1.29 is 0 Å². The molecule has 1 aromatic rings. The van der Waals surface area contributed by atoms with Crippen molar-refractivity contribution in [3.05, 3.63) is 27.9 Å². The maximum Gasteiger partial charge on any atom is 0.273 e. The van der Waals surface area contributed by atoms with Crippen LogP contribution in [0.3, 0.4) is 0 Å². The molecule has 16 heavy (non-hydrogen) atoms. The maximum atomic E-state index is 12.1. The molecule has 0 saturated heterocycles. The predicted octanol–water partition coefficient (Wildman–Crippen LogP) is 2.60. The lowest BCUT2D eigenvalue weighted by molar-refractivity contribution is 0.451. The van der Waals surface area contributed by atoms with E-state index in [0.717, 1.165) is 25.0 Å². The van der Waals surface area contributed by atoms with E-state index in [9.17, 15) is 4.79 Å². The van der Waals surface area contributed by atoms with E-state index < -0.39 is 0 Å². The van der Waals surface area contributed by atoms with E-state index >= 15 is 0 Å². The van der Waals surface area contributed by atoms with E-state index in [1.807, 2.05) is 17.7 Å². The van der Waals surface area contributed by atoms with E-state index in [-0.39, 0.29) is 11.6 Å². The third kappa shape index (κ3) is 2.67. The van der Waals surface area contributed by atoms with Gasteiger partial charge in [-0.25, -0.2) is 4.98 Å². The first-order valence-electron chi connectivity index (χ1n) is 5.89. The van der Waals surface area contributed by atoms with Gasteiger partial charge in [0.2, 0.25) is 0 Å². The van der Waals surface area contributed by atoms with Crippen LogP contribution in [0.4, 0.5) is 0 Å². The summed E-state index contributed by atoms with van der Waals surface area (Å²) < 4.78 is 1.83. The van der Waals surface area contributed by atoms with Crippen LogP contribution in [0.5, 0.6) is 0 Å². The van der Waals surface area contributed by atoms with E-state index in [0.29, 0.717) is 11.4 Å². The summed E-state index contributed by atoms with van der Waals surface area (Å²) in [5, 5.41) is 0. The molecule has 90 valence electrons. The molecule has 1 heterocycles. The molecule has 0 saturated carbocycles. The van der Waals surface area contributed by atoms with Crippen LogP contribution in [0.2, 0.25) is 0 Å². The van der Waals surface area contributed by atoms with E-state index in [1.165, 1.54) is 0 Å². The minimum Gasteiger partial charge on any atom is -0.309 e. The normalized spacial score (nSPS) is 11.1. The standard InChI is InChI=1S/C12H20N2OS/c1-4-9-7-14(10(5-2)6-3)12(15)11(8-16)13-9/h7,10,16H,4-6,8H2,1-3H3. The fourth-order valence-corrected chi connectivity index (χ4v) is 2.05. The number of aryl methyl sites for hydroxylation is 1. The zero-order chi connectivity index (χ0) is 12.1. The Morgan fingerprint density at radius 1 is 1.38 bits per heavy atom. The Labute approximate surface area is 102 Å². The van der Waals surface area contributed by atoms with E-state index in [1.54, 1.807) is 0 Å². The van der Waals surface area contributed by atoms with Crippen molar-refractivity contribution in [2.24, 2.45) is 0 Å². The minimum atomic E-state index is 0.0147. The summed E-state index contributed by atoms with van der Waals surface area (Å²) in [5.41, 5.74) is 1.55. The van der Waals surface area contributed by atoms with Gasteiger partial charge in [-0.1, -0.05) is 20.8 Å². The fourth-order valence-electron chi connectivity index (χ4n) is 1.84. The highest BCUT2D eigenvalue weighted by Gasteiger charge is 2.12. The van der Waals surface area contributed by atoms with Gasteiger partial charge in [0.1, 0.15) is 5.69 Å². The van der Waals surface area contributed by atoms with Crippen molar-refractivity contribution in [1.82, 2.24) is 9.55 Å². The molecule has 3 nitrogen and oxygen atoms in total. The number of rotatable bonds is 5. The summed E-state index contributed by atoms with van der Waals surface area (Å²) in [6, 6.07) is 0.277. The first-order chi connectivity index (χ1) is 7.67. The number of aromatic nitrogens is 2. The average Bonchev–Trinajstić information content (AvgIpc) is 2.32. The SMILES string of the molecule is CCc1cn(C(CC)CC)c(=O)c(CS)n1. The average molecular weight is 240 g/mol. The maximum absolute atomic E-state index is 12.1. The third-order valence-electron chi connectivity index (χ3n) is 2.90. The number of hydrogen-bond donors (Lipinski definition) is 1. The molecule has 0 bridgehead atoms. The van der Waals surface area contributed by atoms with Crippen LogP contribution >= 0.6 is 12.6 Å². The summed E-state index contributed by atoms with van der Waals surface area (Å²) in [4.78, 5) is 16.4. The van der Waals surface area contributed by atoms with Crippen LogP contribution in [-0.2, 0) is 12.2 Å². The first-order valence-corrected chi connectivity index (χ1v) is 6.52. The van der Waals surface area contributed by atoms with E-state index in [4.69, 9.17) is 0 Å². The minimum absolute atomic E-state index is 0.0147. The van der Waals surface area contributed by atoms with Gasteiger partial charge in [-0.3, -0.25) is 4.79 Å². The molecule has 0 aliphatic carbocycles. The monoisotopic (exact) mass is 240 g/mol. The highest BCUT2D eigenvalue weighted by Crippen LogP contribution is 2.14. The summed E-state index contributed by atoms with van der Waals surface area (Å²) >= 11 is 4.16. The third-order valence-corrected chi connectivity index (χ3v) is 3.20. The lowest BCUT2D eigenvalue weighted by Crippen LogP contribution is -2.28. The van der Waals surface area contributed by atoms with Gasteiger partial charge in [-0.15, -0.1) is 0 Å². The van der Waals surface area contributed by atoms with Gasteiger partial charge in [-0.05, 0) is 19.3 Å². The van der Waals surface area contributed by atoms with Crippen LogP contribution in [0.1, 0.15) is 51.0 Å². The van der Waals surface area contributed by atoms with Gasteiger partial charge in [0.25, 0.3) is 5.56 Å². The number of hydrogen-bond acceptors (Lipinski definition) is 3. The Morgan fingerprint density at radius 2 is 2.00 bits per heavy atom. The predicted molar refractivity (Wildman–Crippen MR) is 70.2 cm³/mol. The molecule has 0 N–H and O–H groups in total. The highest BCUT2D eigenvalue weighted by atomic mass is 32.1. The lowest BCUT2D eigenvalue weighted by atomic mass is 10.1. The Kier molecular flexibility index (Phi) is 5.06. The van der Waals surface area contributed by atoms with E-state index in [2.05, 4.69) is 31.5 Å². The largest absolute Gasteiger partial charge is 0.309 e. The van der Waals surface area contributed by atoms with Crippen LogP contribution in [-0.4, -0.2) is 9.55 Å². The second kappa shape index (κ2) is 6.09. The summed E-state index contributed by atoms with van der Waals surface area (Å²) in [6.45, 7) is 6.26. The Morgan fingerprint density at radius 3 is 2.44 bits per heavy atom. The lowest BCUT2D eigenvalue weighted by Gasteiger charge is -2.17. The molecular weight excluding hydrogens is 220 g/mol. The van der Waals surface area contributed by atoms with Gasteiger partial charge < -0.3 is 4.57 Å². The molecule has 0 spiro atoms. The molecule has 0 unspecified atom stereocenters. The van der Waals surface area contributed by atoms with Crippen molar-refractivity contribution in [3.8, 4) is 0 Å². The molecule has 0 fully saturated rings. The second-order valence-electron chi connectivity index (χ2n) is 3.87. The quantitative estimate of drug-likeness (QED) is 0.803. The van der Waals surface area contributed by atoms with Gasteiger partial charge in [0.15, 0.2) is 0 Å². The van der Waals surface area contributed by atoms with Crippen LogP contribution < -0.4 is 5.56 Å². The molecule has 0 aliphatic rings. The topological polar surface area (TPSA) is 34.9 Å². The van der Waals surface area contributed by atoms with Crippen LogP contribution in [0.25, 0.3) is 0 Å². The molecule has 1 rings (SSSR count). The van der Waals surface area contributed by atoms with Gasteiger partial charge in [0, 0.05) is 18.0 Å². The Hall–Kier alpha value is -0.770. The Bertz CT molecular complexity index is 396. The first kappa shape index (κ1) is 13.3. The van der Waals surface area contributed by atoms with Crippen LogP contribution in [0, 0.1) is 0 Å². The zero-order valence-electron chi connectivity index (χ0n) is 10.2. The zero-order valence-corrected chi connectivity index (χ0v) is 11.1. The summed E-state index contributed by atoms with van der Waals surface area (Å²) in [7, 11) is 0. The van der Waals surface area contributed by atoms with Crippen molar-refractivity contribution in [2.75, 3.05) is 0 Å². The molecular formula is C12H20N2OS. The summed E-state index contributed by atoms with van der Waals surface area (Å²) in [5.74, 6) is 0.410. The number of thiol groups is 1. The molecule has 0 aliphatic heterocycles. The van der Waals surface area contributed by atoms with Gasteiger partial charge >= 0.3 is 0 Å². The van der Waals surface area contributed by atoms with Crippen molar-refractivity contribution in [2.45, 2.75) is 51.8 Å². The van der Waals surface area contributed by atoms with Crippen molar-refractivity contribution in [1.29, 1.82) is 0 Å². The van der Waals surface area contributed by atoms with Crippen molar-refractivity contribution in [3.63, 3.8) is 0 Å². The van der Waals surface area contributed by atoms with Crippen LogP contribution in [0.15, 0.2) is 11.0 Å².